The second-order valence-corrected chi connectivity index (χ2v) is 6.94. The van der Waals surface area contributed by atoms with Crippen molar-refractivity contribution < 1.29 is 0 Å². The lowest BCUT2D eigenvalue weighted by Crippen LogP contribution is -2.46. The van der Waals surface area contributed by atoms with E-state index in [1.165, 1.54) is 36.2 Å². The first-order valence-corrected chi connectivity index (χ1v) is 8.14. The molecule has 2 atom stereocenters. The fourth-order valence-electron chi connectivity index (χ4n) is 4.01. The molecule has 0 N–H and O–H groups in total. The van der Waals surface area contributed by atoms with Crippen molar-refractivity contribution >= 4 is 28.9 Å². The first-order chi connectivity index (χ1) is 9.43. The Morgan fingerprint density at radius 3 is 3.11 bits per heavy atom. The van der Waals surface area contributed by atoms with E-state index in [0.717, 1.165) is 0 Å². The van der Waals surface area contributed by atoms with Crippen molar-refractivity contribution in [2.45, 2.75) is 17.7 Å². The highest BCUT2D eigenvalue weighted by molar-refractivity contribution is 8.00. The van der Waals surface area contributed by atoms with Crippen LogP contribution in [-0.2, 0) is 6.42 Å². The Kier molecular flexibility index (Phi) is 2.05. The van der Waals surface area contributed by atoms with E-state index in [2.05, 4.69) is 57.8 Å². The molecule has 1 saturated heterocycles. The standard InChI is InChI=1S/C16H16N2S/c1-2-4-13-11(3-1)12-5-7-17-9-10-19-14-6-8-18(13)15(12)16(14)17/h1-4,6,8,14,16H,5,7,9-10H2/t14-,16-/m1/s1. The van der Waals surface area contributed by atoms with Crippen LogP contribution in [0.5, 0.6) is 0 Å². The number of fused-ring (bicyclic) bond motifs is 3. The summed E-state index contributed by atoms with van der Waals surface area (Å²) in [6.45, 7) is 2.48. The summed E-state index contributed by atoms with van der Waals surface area (Å²) in [5.74, 6) is 1.28. The third kappa shape index (κ3) is 1.27. The quantitative estimate of drug-likeness (QED) is 0.725. The summed E-state index contributed by atoms with van der Waals surface area (Å²) >= 11 is 2.13. The van der Waals surface area contributed by atoms with Gasteiger partial charge in [-0.25, -0.2) is 0 Å². The van der Waals surface area contributed by atoms with Gasteiger partial charge in [-0.15, -0.1) is 0 Å². The van der Waals surface area contributed by atoms with Crippen LogP contribution in [0.25, 0.3) is 17.1 Å². The van der Waals surface area contributed by atoms with Gasteiger partial charge in [0.15, 0.2) is 0 Å². The van der Waals surface area contributed by atoms with Crippen molar-refractivity contribution in [2.24, 2.45) is 0 Å². The minimum Gasteiger partial charge on any atom is -0.319 e. The third-order valence-electron chi connectivity index (χ3n) is 4.80. The van der Waals surface area contributed by atoms with Crippen LogP contribution in [0.3, 0.4) is 0 Å². The molecule has 3 aliphatic rings. The zero-order valence-electron chi connectivity index (χ0n) is 10.7. The molecule has 5 rings (SSSR count). The van der Waals surface area contributed by atoms with Crippen LogP contribution in [0.4, 0.5) is 0 Å². The van der Waals surface area contributed by atoms with E-state index in [1.54, 1.807) is 11.3 Å². The fraction of sp³-hybridized carbons (Fsp3) is 0.375. The maximum absolute atomic E-state index is 2.70. The number of thioether (sulfide) groups is 1. The van der Waals surface area contributed by atoms with Crippen LogP contribution in [0.2, 0.25) is 0 Å². The van der Waals surface area contributed by atoms with Gasteiger partial charge in [0, 0.05) is 41.4 Å². The molecule has 0 amide bonds. The van der Waals surface area contributed by atoms with Gasteiger partial charge < -0.3 is 4.57 Å². The summed E-state index contributed by atoms with van der Waals surface area (Å²) in [7, 11) is 0. The molecular weight excluding hydrogens is 252 g/mol. The molecule has 2 aromatic rings. The van der Waals surface area contributed by atoms with Crippen molar-refractivity contribution in [2.75, 3.05) is 18.8 Å². The molecule has 1 aromatic heterocycles. The molecule has 2 nitrogen and oxygen atoms in total. The van der Waals surface area contributed by atoms with Crippen LogP contribution in [-0.4, -0.2) is 33.6 Å². The molecule has 0 saturated carbocycles. The lowest BCUT2D eigenvalue weighted by atomic mass is 9.93. The van der Waals surface area contributed by atoms with Gasteiger partial charge in [0.2, 0.25) is 0 Å². The minimum absolute atomic E-state index is 0.611. The van der Waals surface area contributed by atoms with E-state index in [-0.39, 0.29) is 0 Å². The fourth-order valence-corrected chi connectivity index (χ4v) is 5.28. The predicted octanol–water partition coefficient (Wildman–Crippen LogP) is 3.14. The molecule has 1 aromatic carbocycles. The van der Waals surface area contributed by atoms with Gasteiger partial charge >= 0.3 is 0 Å². The zero-order valence-corrected chi connectivity index (χ0v) is 11.6. The van der Waals surface area contributed by atoms with Crippen LogP contribution >= 0.6 is 11.8 Å². The topological polar surface area (TPSA) is 8.17 Å². The van der Waals surface area contributed by atoms with Crippen molar-refractivity contribution in [1.82, 2.24) is 9.47 Å². The number of rotatable bonds is 0. The smallest absolute Gasteiger partial charge is 0.0663 e. The highest BCUT2D eigenvalue weighted by Gasteiger charge is 2.40. The van der Waals surface area contributed by atoms with E-state index >= 15 is 0 Å². The van der Waals surface area contributed by atoms with Crippen molar-refractivity contribution in [3.8, 4) is 0 Å². The van der Waals surface area contributed by atoms with Crippen molar-refractivity contribution in [1.29, 1.82) is 0 Å². The van der Waals surface area contributed by atoms with E-state index in [1.807, 2.05) is 0 Å². The first kappa shape index (κ1) is 10.6. The Bertz CT molecular complexity index is 700. The van der Waals surface area contributed by atoms with Crippen molar-refractivity contribution in [3.05, 3.63) is 41.6 Å². The Morgan fingerprint density at radius 2 is 2.11 bits per heavy atom. The number of hydrogen-bond acceptors (Lipinski definition) is 2. The average Bonchev–Trinajstić information content (AvgIpc) is 2.81. The second kappa shape index (κ2) is 3.68. The van der Waals surface area contributed by atoms with Crippen molar-refractivity contribution in [3.63, 3.8) is 0 Å². The number of para-hydroxylation sites is 1. The molecule has 0 aliphatic carbocycles. The zero-order chi connectivity index (χ0) is 12.4. The molecule has 0 radical (unpaired) electrons. The van der Waals surface area contributed by atoms with Gasteiger partial charge in [-0.05, 0) is 18.1 Å². The van der Waals surface area contributed by atoms with E-state index < -0.39 is 0 Å². The highest BCUT2D eigenvalue weighted by Crippen LogP contribution is 2.46. The van der Waals surface area contributed by atoms with Gasteiger partial charge in [-0.2, -0.15) is 11.8 Å². The summed E-state index contributed by atoms with van der Waals surface area (Å²) < 4.78 is 2.45. The van der Waals surface area contributed by atoms with E-state index in [0.29, 0.717) is 11.3 Å². The summed E-state index contributed by atoms with van der Waals surface area (Å²) in [6.07, 6.45) is 5.94. The normalized spacial score (nSPS) is 28.6. The average molecular weight is 268 g/mol. The van der Waals surface area contributed by atoms with Crippen LogP contribution < -0.4 is 0 Å². The molecule has 19 heavy (non-hydrogen) atoms. The SMILES string of the molecule is C1=Cn2c3c(c4ccccc42)CCN2CCS[C@H]1[C@H]32. The molecule has 1 fully saturated rings. The van der Waals surface area contributed by atoms with Gasteiger partial charge in [0.1, 0.15) is 0 Å². The summed E-state index contributed by atoms with van der Waals surface area (Å²) in [5.41, 5.74) is 4.57. The Morgan fingerprint density at radius 1 is 1.16 bits per heavy atom. The molecule has 0 spiro atoms. The molecular formula is C16H16N2S. The first-order valence-electron chi connectivity index (χ1n) is 7.09. The molecule has 3 heteroatoms. The van der Waals surface area contributed by atoms with Crippen LogP contribution in [0.1, 0.15) is 17.3 Å². The van der Waals surface area contributed by atoms with Gasteiger partial charge in [-0.3, -0.25) is 4.90 Å². The number of nitrogens with zero attached hydrogens (tertiary/aromatic N) is 2. The second-order valence-electron chi connectivity index (χ2n) is 5.66. The summed E-state index contributed by atoms with van der Waals surface area (Å²) in [6, 6.07) is 9.50. The molecule has 4 heterocycles. The number of benzene rings is 1. The van der Waals surface area contributed by atoms with Gasteiger partial charge in [0.25, 0.3) is 0 Å². The monoisotopic (exact) mass is 268 g/mol. The van der Waals surface area contributed by atoms with Gasteiger partial charge in [-0.1, -0.05) is 24.3 Å². The number of aromatic nitrogens is 1. The molecule has 3 aliphatic heterocycles. The predicted molar refractivity (Wildman–Crippen MR) is 81.5 cm³/mol. The van der Waals surface area contributed by atoms with Crippen LogP contribution in [0, 0.1) is 0 Å². The van der Waals surface area contributed by atoms with Crippen LogP contribution in [0.15, 0.2) is 30.3 Å². The van der Waals surface area contributed by atoms with Gasteiger partial charge in [0.05, 0.1) is 11.6 Å². The summed E-state index contributed by atoms with van der Waals surface area (Å²) in [4.78, 5) is 2.70. The molecule has 96 valence electrons. The number of hydrogen-bond donors (Lipinski definition) is 0. The summed E-state index contributed by atoms with van der Waals surface area (Å²) in [5, 5.41) is 2.13. The van der Waals surface area contributed by atoms with E-state index in [9.17, 15) is 0 Å². The third-order valence-corrected chi connectivity index (χ3v) is 6.02. The molecule has 0 bridgehead atoms. The maximum Gasteiger partial charge on any atom is 0.0663 e. The Balaban J connectivity index is 1.87. The Hall–Kier alpha value is -1.19. The lowest BCUT2D eigenvalue weighted by molar-refractivity contribution is 0.188. The lowest BCUT2D eigenvalue weighted by Gasteiger charge is -2.45. The Labute approximate surface area is 117 Å². The molecule has 0 unspecified atom stereocenters. The highest BCUT2D eigenvalue weighted by atomic mass is 32.2. The maximum atomic E-state index is 2.70. The van der Waals surface area contributed by atoms with E-state index in [4.69, 9.17) is 0 Å². The minimum atomic E-state index is 0.611. The largest absolute Gasteiger partial charge is 0.319 e.